The number of sulfone groups is 1. The summed E-state index contributed by atoms with van der Waals surface area (Å²) in [5, 5.41) is 2.97. The summed E-state index contributed by atoms with van der Waals surface area (Å²) < 4.78 is 27.9. The van der Waals surface area contributed by atoms with E-state index in [-0.39, 0.29) is 10.9 Å². The van der Waals surface area contributed by atoms with E-state index < -0.39 is 21.5 Å². The van der Waals surface area contributed by atoms with Gasteiger partial charge in [0.2, 0.25) is 0 Å². The number of anilines is 1. The number of esters is 1. The molecule has 1 aromatic rings. The van der Waals surface area contributed by atoms with E-state index in [1.165, 1.54) is 12.1 Å². The third-order valence-electron chi connectivity index (χ3n) is 2.43. The lowest BCUT2D eigenvalue weighted by Gasteiger charge is -2.23. The van der Waals surface area contributed by atoms with Gasteiger partial charge in [-0.25, -0.2) is 13.2 Å². The zero-order valence-corrected chi connectivity index (χ0v) is 13.2. The monoisotopic (exact) mass is 299 g/mol. The first-order chi connectivity index (χ1) is 8.99. The van der Waals surface area contributed by atoms with Crippen molar-refractivity contribution >= 4 is 21.5 Å². The molecule has 0 aliphatic heterocycles. The van der Waals surface area contributed by atoms with Crippen LogP contribution in [0.25, 0.3) is 0 Å². The Hall–Kier alpha value is -1.56. The lowest BCUT2D eigenvalue weighted by atomic mass is 10.2. The number of hydrogen-bond acceptors (Lipinski definition) is 5. The predicted octanol–water partition coefficient (Wildman–Crippen LogP) is 2.23. The Bertz CT molecular complexity index is 570. The third kappa shape index (κ3) is 5.21. The lowest BCUT2D eigenvalue weighted by molar-refractivity contribution is -0.155. The Morgan fingerprint density at radius 3 is 2.10 bits per heavy atom. The number of hydrogen-bond donors (Lipinski definition) is 1. The van der Waals surface area contributed by atoms with Crippen LogP contribution < -0.4 is 5.32 Å². The molecule has 1 unspecified atom stereocenters. The van der Waals surface area contributed by atoms with Crippen LogP contribution in [0.5, 0.6) is 0 Å². The van der Waals surface area contributed by atoms with Gasteiger partial charge in [0.1, 0.15) is 11.6 Å². The number of carbonyl (C=O) groups excluding carboxylic acids is 1. The van der Waals surface area contributed by atoms with Crippen LogP contribution in [-0.4, -0.2) is 32.3 Å². The fourth-order valence-corrected chi connectivity index (χ4v) is 2.13. The van der Waals surface area contributed by atoms with Crippen LogP contribution in [0, 0.1) is 0 Å². The molecule has 112 valence electrons. The highest BCUT2D eigenvalue weighted by molar-refractivity contribution is 7.90. The highest BCUT2D eigenvalue weighted by Crippen LogP contribution is 2.16. The van der Waals surface area contributed by atoms with Crippen LogP contribution >= 0.6 is 0 Å². The van der Waals surface area contributed by atoms with Gasteiger partial charge in [0, 0.05) is 11.9 Å². The van der Waals surface area contributed by atoms with Gasteiger partial charge >= 0.3 is 5.97 Å². The van der Waals surface area contributed by atoms with Gasteiger partial charge in [-0.15, -0.1) is 0 Å². The molecule has 0 saturated heterocycles. The van der Waals surface area contributed by atoms with Crippen molar-refractivity contribution in [1.29, 1.82) is 0 Å². The summed E-state index contributed by atoms with van der Waals surface area (Å²) in [6, 6.07) is 5.73. The molecule has 1 aromatic carbocycles. The first-order valence-electron chi connectivity index (χ1n) is 6.28. The van der Waals surface area contributed by atoms with Crippen molar-refractivity contribution in [2.75, 3.05) is 11.6 Å². The quantitative estimate of drug-likeness (QED) is 0.863. The van der Waals surface area contributed by atoms with Crippen molar-refractivity contribution in [1.82, 2.24) is 0 Å². The van der Waals surface area contributed by atoms with Gasteiger partial charge < -0.3 is 10.1 Å². The summed E-state index contributed by atoms with van der Waals surface area (Å²) in [6.07, 6.45) is 1.15. The summed E-state index contributed by atoms with van der Waals surface area (Å²) in [7, 11) is -3.21. The molecule has 0 saturated carbocycles. The topological polar surface area (TPSA) is 72.5 Å². The van der Waals surface area contributed by atoms with Crippen LogP contribution in [-0.2, 0) is 19.4 Å². The first-order valence-corrected chi connectivity index (χ1v) is 8.18. The van der Waals surface area contributed by atoms with Crippen molar-refractivity contribution in [3.05, 3.63) is 24.3 Å². The van der Waals surface area contributed by atoms with Crippen LogP contribution in [0.3, 0.4) is 0 Å². The average Bonchev–Trinajstić information content (AvgIpc) is 2.26. The summed E-state index contributed by atoms with van der Waals surface area (Å²) in [6.45, 7) is 7.11. The van der Waals surface area contributed by atoms with Crippen LogP contribution in [0.1, 0.15) is 27.7 Å². The van der Waals surface area contributed by atoms with Crippen molar-refractivity contribution < 1.29 is 17.9 Å². The summed E-state index contributed by atoms with van der Waals surface area (Å²) in [5.41, 5.74) is 0.128. The van der Waals surface area contributed by atoms with E-state index in [9.17, 15) is 13.2 Å². The molecule has 20 heavy (non-hydrogen) atoms. The zero-order chi connectivity index (χ0) is 15.6. The minimum absolute atomic E-state index is 0.243. The largest absolute Gasteiger partial charge is 0.458 e. The maximum atomic E-state index is 11.8. The number of benzene rings is 1. The van der Waals surface area contributed by atoms with Gasteiger partial charge in [0.05, 0.1) is 4.90 Å². The molecule has 1 rings (SSSR count). The molecule has 0 aliphatic rings. The predicted molar refractivity (Wildman–Crippen MR) is 78.5 cm³/mol. The summed E-state index contributed by atoms with van der Waals surface area (Å²) in [5.74, 6) is -0.357. The van der Waals surface area contributed by atoms with Crippen molar-refractivity contribution in [3.63, 3.8) is 0 Å². The Balaban J connectivity index is 2.72. The summed E-state index contributed by atoms with van der Waals surface area (Å²) >= 11 is 0. The molecule has 0 heterocycles. The van der Waals surface area contributed by atoms with Crippen molar-refractivity contribution in [2.45, 2.75) is 44.2 Å². The highest BCUT2D eigenvalue weighted by Gasteiger charge is 2.21. The summed E-state index contributed by atoms with van der Waals surface area (Å²) in [4.78, 5) is 12.1. The highest BCUT2D eigenvalue weighted by atomic mass is 32.2. The number of nitrogens with one attached hydrogen (secondary N) is 1. The van der Waals surface area contributed by atoms with Gasteiger partial charge in [0.15, 0.2) is 9.84 Å². The molecule has 0 radical (unpaired) electrons. The molecular formula is C14H21NO4S. The Morgan fingerprint density at radius 2 is 1.70 bits per heavy atom. The van der Waals surface area contributed by atoms with Gasteiger partial charge in [-0.2, -0.15) is 0 Å². The minimum Gasteiger partial charge on any atom is -0.458 e. The van der Waals surface area contributed by atoms with E-state index >= 15 is 0 Å². The standard InChI is InChI=1S/C14H21NO4S/c1-10(13(16)19-14(2,3)4)15-11-6-8-12(9-7-11)20(5,17)18/h6-10,15H,1-5H3. The number of carbonyl (C=O) groups is 1. The van der Waals surface area contributed by atoms with E-state index in [1.54, 1.807) is 39.8 Å². The fraction of sp³-hybridized carbons (Fsp3) is 0.500. The van der Waals surface area contributed by atoms with E-state index in [0.717, 1.165) is 6.26 Å². The molecule has 6 heteroatoms. The molecule has 0 aromatic heterocycles. The second-order valence-corrected chi connectivity index (χ2v) is 7.71. The van der Waals surface area contributed by atoms with E-state index in [1.807, 2.05) is 0 Å². The van der Waals surface area contributed by atoms with E-state index in [2.05, 4.69) is 5.32 Å². The van der Waals surface area contributed by atoms with Gasteiger partial charge in [-0.3, -0.25) is 0 Å². The molecule has 0 amide bonds. The molecule has 0 fully saturated rings. The van der Waals surface area contributed by atoms with Crippen LogP contribution in [0.15, 0.2) is 29.2 Å². The Morgan fingerprint density at radius 1 is 1.20 bits per heavy atom. The fourth-order valence-electron chi connectivity index (χ4n) is 1.50. The first kappa shape index (κ1) is 16.5. The molecular weight excluding hydrogens is 278 g/mol. The van der Waals surface area contributed by atoms with E-state index in [4.69, 9.17) is 4.74 Å². The third-order valence-corrected chi connectivity index (χ3v) is 3.55. The average molecular weight is 299 g/mol. The Kier molecular flexibility index (Phi) is 4.81. The molecule has 1 atom stereocenters. The SMILES string of the molecule is CC(Nc1ccc(S(C)(=O)=O)cc1)C(=O)OC(C)(C)C. The van der Waals surface area contributed by atoms with Gasteiger partial charge in [-0.1, -0.05) is 0 Å². The van der Waals surface area contributed by atoms with E-state index in [0.29, 0.717) is 5.69 Å². The van der Waals surface area contributed by atoms with Crippen LogP contribution in [0.2, 0.25) is 0 Å². The van der Waals surface area contributed by atoms with Crippen molar-refractivity contribution in [3.8, 4) is 0 Å². The molecule has 0 spiro atoms. The van der Waals surface area contributed by atoms with Gasteiger partial charge in [-0.05, 0) is 52.0 Å². The zero-order valence-electron chi connectivity index (χ0n) is 12.4. The van der Waals surface area contributed by atoms with Gasteiger partial charge in [0.25, 0.3) is 0 Å². The smallest absolute Gasteiger partial charge is 0.328 e. The normalized spacial score (nSPS) is 13.7. The maximum Gasteiger partial charge on any atom is 0.328 e. The number of rotatable bonds is 4. The molecule has 0 aliphatic carbocycles. The molecule has 1 N–H and O–H groups in total. The molecule has 0 bridgehead atoms. The molecule has 5 nitrogen and oxygen atoms in total. The van der Waals surface area contributed by atoms with Crippen molar-refractivity contribution in [2.24, 2.45) is 0 Å². The number of ether oxygens (including phenoxy) is 1. The minimum atomic E-state index is -3.21. The second kappa shape index (κ2) is 5.83. The second-order valence-electron chi connectivity index (χ2n) is 5.70. The lowest BCUT2D eigenvalue weighted by Crippen LogP contribution is -2.34. The maximum absolute atomic E-state index is 11.8. The van der Waals surface area contributed by atoms with Crippen LogP contribution in [0.4, 0.5) is 5.69 Å². The Labute approximate surface area is 120 Å².